The van der Waals surface area contributed by atoms with Gasteiger partial charge in [-0.25, -0.2) is 9.78 Å². The minimum atomic E-state index is -0.960. The van der Waals surface area contributed by atoms with E-state index in [-0.39, 0.29) is 19.2 Å². The monoisotopic (exact) mass is 383 g/mol. The van der Waals surface area contributed by atoms with Gasteiger partial charge in [0.1, 0.15) is 5.60 Å². The van der Waals surface area contributed by atoms with Gasteiger partial charge >= 0.3 is 6.03 Å². The quantitative estimate of drug-likeness (QED) is 0.632. The Morgan fingerprint density at radius 3 is 2.78 bits per heavy atom. The Balaban J connectivity index is 1.32. The van der Waals surface area contributed by atoms with Crippen molar-refractivity contribution in [1.82, 2.24) is 10.3 Å². The fourth-order valence-electron chi connectivity index (χ4n) is 3.03. The molecule has 2 amide bonds. The summed E-state index contributed by atoms with van der Waals surface area (Å²) in [5, 5.41) is 16.7. The Morgan fingerprint density at radius 1 is 1.22 bits per heavy atom. The Bertz CT molecular complexity index is 900. The van der Waals surface area contributed by atoms with Gasteiger partial charge in [0.05, 0.1) is 28.4 Å². The van der Waals surface area contributed by atoms with Crippen molar-refractivity contribution < 1.29 is 14.6 Å². The van der Waals surface area contributed by atoms with Crippen molar-refractivity contribution in [2.75, 3.05) is 25.1 Å². The second-order valence-corrected chi connectivity index (χ2v) is 7.90. The van der Waals surface area contributed by atoms with Gasteiger partial charge in [-0.15, -0.1) is 11.3 Å². The number of aliphatic hydroxyl groups is 1. The summed E-state index contributed by atoms with van der Waals surface area (Å²) >= 11 is 1.70. The SMILES string of the molecule is O=C(NCC1(O)CCOC1)Nc1ccc(Cc2nc3ccccc3s2)cc1. The van der Waals surface area contributed by atoms with Gasteiger partial charge < -0.3 is 20.5 Å². The molecule has 3 aromatic rings. The smallest absolute Gasteiger partial charge is 0.319 e. The van der Waals surface area contributed by atoms with E-state index in [1.54, 1.807) is 11.3 Å². The lowest BCUT2D eigenvalue weighted by Crippen LogP contribution is -2.44. The third-order valence-corrected chi connectivity index (χ3v) is 5.60. The van der Waals surface area contributed by atoms with Crippen molar-refractivity contribution in [3.05, 3.63) is 59.1 Å². The number of amides is 2. The molecule has 6 nitrogen and oxygen atoms in total. The Labute approximate surface area is 161 Å². The first kappa shape index (κ1) is 17.9. The number of carbonyl (C=O) groups is 1. The predicted molar refractivity (Wildman–Crippen MR) is 106 cm³/mol. The van der Waals surface area contributed by atoms with Gasteiger partial charge in [-0.2, -0.15) is 0 Å². The highest BCUT2D eigenvalue weighted by Gasteiger charge is 2.32. The van der Waals surface area contributed by atoms with Gasteiger partial charge in [0.15, 0.2) is 0 Å². The largest absolute Gasteiger partial charge is 0.386 e. The maximum Gasteiger partial charge on any atom is 0.319 e. The van der Waals surface area contributed by atoms with Crippen LogP contribution in [0.15, 0.2) is 48.5 Å². The van der Waals surface area contributed by atoms with Crippen LogP contribution in [0.4, 0.5) is 10.5 Å². The number of urea groups is 1. The second-order valence-electron chi connectivity index (χ2n) is 6.78. The van der Waals surface area contributed by atoms with Gasteiger partial charge in [0.2, 0.25) is 0 Å². The molecule has 2 heterocycles. The zero-order valence-corrected chi connectivity index (χ0v) is 15.6. The predicted octanol–water partition coefficient (Wildman–Crippen LogP) is 3.16. The van der Waals surface area contributed by atoms with Crippen LogP contribution < -0.4 is 10.6 Å². The summed E-state index contributed by atoms with van der Waals surface area (Å²) in [6, 6.07) is 15.5. The fraction of sp³-hybridized carbons (Fsp3) is 0.300. The van der Waals surface area contributed by atoms with Crippen molar-refractivity contribution in [2.24, 2.45) is 0 Å². The highest BCUT2D eigenvalue weighted by Crippen LogP contribution is 2.24. The van der Waals surface area contributed by atoms with Crippen molar-refractivity contribution in [3.8, 4) is 0 Å². The highest BCUT2D eigenvalue weighted by molar-refractivity contribution is 7.18. The summed E-state index contributed by atoms with van der Waals surface area (Å²) in [5.74, 6) is 0. The number of fused-ring (bicyclic) bond motifs is 1. The molecule has 0 aliphatic carbocycles. The molecule has 0 radical (unpaired) electrons. The maximum absolute atomic E-state index is 12.0. The molecule has 1 aliphatic heterocycles. The molecule has 1 aliphatic rings. The molecule has 1 unspecified atom stereocenters. The first-order valence-electron chi connectivity index (χ1n) is 8.88. The van der Waals surface area contributed by atoms with E-state index in [9.17, 15) is 9.90 Å². The average molecular weight is 383 g/mol. The number of rotatable bonds is 5. The summed E-state index contributed by atoms with van der Waals surface area (Å²) in [6.45, 7) is 0.957. The van der Waals surface area contributed by atoms with Crippen LogP contribution in [-0.2, 0) is 11.2 Å². The average Bonchev–Trinajstić information content (AvgIpc) is 3.28. The number of anilines is 1. The van der Waals surface area contributed by atoms with E-state index < -0.39 is 5.60 Å². The standard InChI is InChI=1S/C20H21N3O3S/c24-19(21-12-20(25)9-10-26-13-20)22-15-7-5-14(6-8-15)11-18-23-16-3-1-2-4-17(16)27-18/h1-8,25H,9-13H2,(H2,21,22,24). The lowest BCUT2D eigenvalue weighted by Gasteiger charge is -2.20. The first-order chi connectivity index (χ1) is 13.1. The second kappa shape index (κ2) is 7.64. The minimum Gasteiger partial charge on any atom is -0.386 e. The van der Waals surface area contributed by atoms with Gasteiger partial charge in [0.25, 0.3) is 0 Å². The molecule has 0 saturated carbocycles. The number of para-hydroxylation sites is 1. The number of nitrogens with zero attached hydrogens (tertiary/aromatic N) is 1. The summed E-state index contributed by atoms with van der Waals surface area (Å²) in [4.78, 5) is 16.7. The van der Waals surface area contributed by atoms with E-state index >= 15 is 0 Å². The van der Waals surface area contributed by atoms with E-state index in [0.717, 1.165) is 22.5 Å². The van der Waals surface area contributed by atoms with Crippen LogP contribution in [-0.4, -0.2) is 41.5 Å². The number of hydrogen-bond acceptors (Lipinski definition) is 5. The topological polar surface area (TPSA) is 83.5 Å². The zero-order chi connectivity index (χ0) is 18.7. The molecule has 1 saturated heterocycles. The van der Waals surface area contributed by atoms with Gasteiger partial charge in [-0.05, 0) is 29.8 Å². The number of ether oxygens (including phenoxy) is 1. The zero-order valence-electron chi connectivity index (χ0n) is 14.8. The molecule has 1 aromatic heterocycles. The fourth-order valence-corrected chi connectivity index (χ4v) is 4.03. The van der Waals surface area contributed by atoms with E-state index in [4.69, 9.17) is 4.74 Å². The van der Waals surface area contributed by atoms with E-state index in [0.29, 0.717) is 18.7 Å². The van der Waals surface area contributed by atoms with Gasteiger partial charge in [-0.1, -0.05) is 24.3 Å². The molecule has 140 valence electrons. The van der Waals surface area contributed by atoms with Crippen LogP contribution in [0.3, 0.4) is 0 Å². The number of aromatic nitrogens is 1. The molecule has 0 spiro atoms. The van der Waals surface area contributed by atoms with Crippen molar-refractivity contribution in [1.29, 1.82) is 0 Å². The van der Waals surface area contributed by atoms with E-state index in [1.807, 2.05) is 42.5 Å². The molecular formula is C20H21N3O3S. The Kier molecular flexibility index (Phi) is 5.07. The van der Waals surface area contributed by atoms with E-state index in [2.05, 4.69) is 21.7 Å². The van der Waals surface area contributed by atoms with E-state index in [1.165, 1.54) is 4.70 Å². The molecule has 7 heteroatoms. The summed E-state index contributed by atoms with van der Waals surface area (Å²) in [6.07, 6.45) is 1.30. The van der Waals surface area contributed by atoms with Crippen LogP contribution in [0.25, 0.3) is 10.2 Å². The van der Waals surface area contributed by atoms with Crippen molar-refractivity contribution >= 4 is 33.3 Å². The Morgan fingerprint density at radius 2 is 2.04 bits per heavy atom. The first-order valence-corrected chi connectivity index (χ1v) is 9.70. The number of nitrogens with one attached hydrogen (secondary N) is 2. The minimum absolute atomic E-state index is 0.175. The molecule has 2 aromatic carbocycles. The molecule has 4 rings (SSSR count). The van der Waals surface area contributed by atoms with Crippen LogP contribution in [0.2, 0.25) is 0 Å². The number of hydrogen-bond donors (Lipinski definition) is 3. The van der Waals surface area contributed by atoms with Crippen LogP contribution >= 0.6 is 11.3 Å². The molecule has 27 heavy (non-hydrogen) atoms. The maximum atomic E-state index is 12.0. The summed E-state index contributed by atoms with van der Waals surface area (Å²) in [5.41, 5.74) is 1.91. The number of benzene rings is 2. The third kappa shape index (κ3) is 4.44. The molecule has 1 fully saturated rings. The highest BCUT2D eigenvalue weighted by atomic mass is 32.1. The van der Waals surface area contributed by atoms with Crippen molar-refractivity contribution in [2.45, 2.75) is 18.4 Å². The summed E-state index contributed by atoms with van der Waals surface area (Å²) in [7, 11) is 0. The third-order valence-electron chi connectivity index (χ3n) is 4.57. The number of thiazole rings is 1. The van der Waals surface area contributed by atoms with Crippen molar-refractivity contribution in [3.63, 3.8) is 0 Å². The van der Waals surface area contributed by atoms with Crippen LogP contribution in [0.5, 0.6) is 0 Å². The Hall–Kier alpha value is -2.48. The van der Waals surface area contributed by atoms with Gasteiger partial charge in [0, 0.05) is 25.1 Å². The van der Waals surface area contributed by atoms with Gasteiger partial charge in [-0.3, -0.25) is 0 Å². The molecule has 0 bridgehead atoms. The number of carbonyl (C=O) groups excluding carboxylic acids is 1. The van der Waals surface area contributed by atoms with Crippen LogP contribution in [0.1, 0.15) is 17.0 Å². The van der Waals surface area contributed by atoms with Crippen LogP contribution in [0, 0.1) is 0 Å². The normalized spacial score (nSPS) is 19.3. The lowest BCUT2D eigenvalue weighted by atomic mass is 10.0. The lowest BCUT2D eigenvalue weighted by molar-refractivity contribution is 0.0295. The molecule has 3 N–H and O–H groups in total. The molecule has 1 atom stereocenters. The molecular weight excluding hydrogens is 362 g/mol. The summed E-state index contributed by atoms with van der Waals surface area (Å²) < 4.78 is 6.36.